The number of carbonyl (C=O) groups is 1. The molecule has 0 heterocycles. The van der Waals surface area contributed by atoms with Gasteiger partial charge in [-0.25, -0.2) is 0 Å². The Balaban J connectivity index is 2.70. The van der Waals surface area contributed by atoms with E-state index in [9.17, 15) is 4.79 Å². The zero-order valence-corrected chi connectivity index (χ0v) is 10.8. The van der Waals surface area contributed by atoms with Gasteiger partial charge in [0.25, 0.3) is 0 Å². The molecule has 0 bridgehead atoms. The van der Waals surface area contributed by atoms with Gasteiger partial charge in [0.2, 0.25) is 5.91 Å². The van der Waals surface area contributed by atoms with Gasteiger partial charge in [0.15, 0.2) is 5.84 Å². The lowest BCUT2D eigenvalue weighted by Crippen LogP contribution is -2.34. The summed E-state index contributed by atoms with van der Waals surface area (Å²) in [6.45, 7) is 1.87. The maximum atomic E-state index is 11.9. The first kappa shape index (κ1) is 15.0. The predicted octanol–water partition coefficient (Wildman–Crippen LogP) is 0.932. The Bertz CT molecular complexity index is 443. The topological polar surface area (TPSA) is 108 Å². The molecule has 1 unspecified atom stereocenters. The van der Waals surface area contributed by atoms with Crippen LogP contribution in [-0.2, 0) is 11.2 Å². The number of oxime groups is 1. The molecule has 1 amide bonds. The number of nitrogens with one attached hydrogen (secondary N) is 1. The van der Waals surface area contributed by atoms with E-state index in [2.05, 4.69) is 10.5 Å². The standard InChI is InChI=1S/C13H19N3O3/c1-2-11(12(14)16-19)13(18)15-10-5-3-9(4-6-10)7-8-17/h3-6,11,17,19H,2,7-8H2,1H3,(H2,14,16)(H,15,18). The van der Waals surface area contributed by atoms with Crippen molar-refractivity contribution in [3.05, 3.63) is 29.8 Å². The number of aliphatic hydroxyl groups is 1. The van der Waals surface area contributed by atoms with E-state index in [1.165, 1.54) is 0 Å². The molecule has 0 aliphatic rings. The molecule has 0 aliphatic heterocycles. The van der Waals surface area contributed by atoms with Crippen LogP contribution in [0.2, 0.25) is 0 Å². The Kier molecular flexibility index (Phi) is 5.81. The zero-order valence-electron chi connectivity index (χ0n) is 10.8. The third kappa shape index (κ3) is 4.26. The first-order valence-corrected chi connectivity index (χ1v) is 6.10. The van der Waals surface area contributed by atoms with Gasteiger partial charge in [0.1, 0.15) is 0 Å². The molecule has 0 fully saturated rings. The minimum Gasteiger partial charge on any atom is -0.409 e. The van der Waals surface area contributed by atoms with Crippen LogP contribution in [0.1, 0.15) is 18.9 Å². The second kappa shape index (κ2) is 7.38. The van der Waals surface area contributed by atoms with E-state index in [1.807, 2.05) is 12.1 Å². The Morgan fingerprint density at radius 2 is 2.05 bits per heavy atom. The minimum absolute atomic E-state index is 0.0904. The van der Waals surface area contributed by atoms with Crippen molar-refractivity contribution >= 4 is 17.4 Å². The maximum absolute atomic E-state index is 11.9. The van der Waals surface area contributed by atoms with Gasteiger partial charge >= 0.3 is 0 Å². The molecule has 104 valence electrons. The number of amides is 1. The van der Waals surface area contributed by atoms with E-state index in [0.717, 1.165) is 5.56 Å². The van der Waals surface area contributed by atoms with Gasteiger partial charge in [-0.2, -0.15) is 0 Å². The van der Waals surface area contributed by atoms with Gasteiger partial charge in [-0.3, -0.25) is 4.79 Å². The van der Waals surface area contributed by atoms with Gasteiger partial charge in [0.05, 0.1) is 5.92 Å². The number of anilines is 1. The fourth-order valence-electron chi connectivity index (χ4n) is 1.71. The molecular weight excluding hydrogens is 246 g/mol. The molecule has 0 saturated heterocycles. The molecule has 1 aromatic rings. The van der Waals surface area contributed by atoms with Crippen molar-refractivity contribution in [3.8, 4) is 0 Å². The van der Waals surface area contributed by atoms with Crippen LogP contribution >= 0.6 is 0 Å². The summed E-state index contributed by atoms with van der Waals surface area (Å²) < 4.78 is 0. The molecule has 1 rings (SSSR count). The van der Waals surface area contributed by atoms with Gasteiger partial charge in [-0.15, -0.1) is 0 Å². The van der Waals surface area contributed by atoms with Crippen LogP contribution in [0.5, 0.6) is 0 Å². The lowest BCUT2D eigenvalue weighted by Gasteiger charge is -2.13. The number of aliphatic hydroxyl groups excluding tert-OH is 1. The van der Waals surface area contributed by atoms with Gasteiger partial charge in [-0.1, -0.05) is 24.2 Å². The molecule has 1 atom stereocenters. The summed E-state index contributed by atoms with van der Waals surface area (Å²) in [5.41, 5.74) is 7.08. The Morgan fingerprint density at radius 1 is 1.42 bits per heavy atom. The Morgan fingerprint density at radius 3 is 2.53 bits per heavy atom. The van der Waals surface area contributed by atoms with E-state index >= 15 is 0 Å². The summed E-state index contributed by atoms with van der Waals surface area (Å²) in [6, 6.07) is 7.16. The smallest absolute Gasteiger partial charge is 0.235 e. The molecule has 0 aromatic heterocycles. The summed E-state index contributed by atoms with van der Waals surface area (Å²) in [7, 11) is 0. The van der Waals surface area contributed by atoms with Crippen molar-refractivity contribution in [3.63, 3.8) is 0 Å². The van der Waals surface area contributed by atoms with E-state index in [1.54, 1.807) is 19.1 Å². The number of hydrogen-bond donors (Lipinski definition) is 4. The molecule has 0 aliphatic carbocycles. The maximum Gasteiger partial charge on any atom is 0.235 e. The molecular formula is C13H19N3O3. The van der Waals surface area contributed by atoms with Crippen LogP contribution in [0.3, 0.4) is 0 Å². The number of amidine groups is 1. The average molecular weight is 265 g/mol. The van der Waals surface area contributed by atoms with Crippen LogP contribution in [-0.4, -0.2) is 28.7 Å². The number of benzene rings is 1. The van der Waals surface area contributed by atoms with Crippen LogP contribution < -0.4 is 11.1 Å². The fourth-order valence-corrected chi connectivity index (χ4v) is 1.71. The summed E-state index contributed by atoms with van der Waals surface area (Å²) in [6.07, 6.45) is 1.03. The second-order valence-corrected chi connectivity index (χ2v) is 4.15. The molecule has 6 heteroatoms. The third-order valence-electron chi connectivity index (χ3n) is 2.82. The van der Waals surface area contributed by atoms with Crippen molar-refractivity contribution in [2.24, 2.45) is 16.8 Å². The number of nitrogens with zero attached hydrogens (tertiary/aromatic N) is 1. The van der Waals surface area contributed by atoms with E-state index in [-0.39, 0.29) is 18.3 Å². The SMILES string of the molecule is CCC(C(=O)Nc1ccc(CCO)cc1)C(N)=NO. The normalized spacial score (nSPS) is 13.1. The summed E-state index contributed by atoms with van der Waals surface area (Å²) in [5.74, 6) is -1.06. The molecule has 19 heavy (non-hydrogen) atoms. The minimum atomic E-state index is -0.651. The van der Waals surface area contributed by atoms with Crippen LogP contribution in [0, 0.1) is 5.92 Å². The van der Waals surface area contributed by atoms with Gasteiger partial charge in [0, 0.05) is 12.3 Å². The Labute approximate surface area is 111 Å². The first-order chi connectivity index (χ1) is 9.12. The number of hydrogen-bond acceptors (Lipinski definition) is 4. The average Bonchev–Trinajstić information content (AvgIpc) is 2.42. The number of carbonyl (C=O) groups excluding carboxylic acids is 1. The zero-order chi connectivity index (χ0) is 14.3. The molecule has 0 spiro atoms. The summed E-state index contributed by atoms with van der Waals surface area (Å²) >= 11 is 0. The lowest BCUT2D eigenvalue weighted by molar-refractivity contribution is -0.118. The van der Waals surface area contributed by atoms with Gasteiger partial charge in [-0.05, 0) is 30.5 Å². The molecule has 0 saturated carbocycles. The summed E-state index contributed by atoms with van der Waals surface area (Å²) in [5, 5.41) is 23.0. The van der Waals surface area contributed by atoms with Crippen LogP contribution in [0.25, 0.3) is 0 Å². The molecule has 1 aromatic carbocycles. The van der Waals surface area contributed by atoms with E-state index in [4.69, 9.17) is 16.0 Å². The van der Waals surface area contributed by atoms with Crippen molar-refractivity contribution in [1.82, 2.24) is 0 Å². The highest BCUT2D eigenvalue weighted by Crippen LogP contribution is 2.13. The second-order valence-electron chi connectivity index (χ2n) is 4.15. The quantitative estimate of drug-likeness (QED) is 0.265. The molecule has 6 nitrogen and oxygen atoms in total. The highest BCUT2D eigenvalue weighted by Gasteiger charge is 2.21. The van der Waals surface area contributed by atoms with Crippen LogP contribution in [0.4, 0.5) is 5.69 Å². The van der Waals surface area contributed by atoms with Crippen molar-refractivity contribution in [2.45, 2.75) is 19.8 Å². The van der Waals surface area contributed by atoms with Crippen molar-refractivity contribution < 1.29 is 15.1 Å². The largest absolute Gasteiger partial charge is 0.409 e. The number of nitrogens with two attached hydrogens (primary N) is 1. The molecule has 5 N–H and O–H groups in total. The van der Waals surface area contributed by atoms with Crippen molar-refractivity contribution in [1.29, 1.82) is 0 Å². The van der Waals surface area contributed by atoms with Crippen LogP contribution in [0.15, 0.2) is 29.4 Å². The first-order valence-electron chi connectivity index (χ1n) is 6.10. The third-order valence-corrected chi connectivity index (χ3v) is 2.82. The predicted molar refractivity (Wildman–Crippen MR) is 73.1 cm³/mol. The van der Waals surface area contributed by atoms with Gasteiger partial charge < -0.3 is 21.4 Å². The highest BCUT2D eigenvalue weighted by molar-refractivity contribution is 6.07. The van der Waals surface area contributed by atoms with E-state index in [0.29, 0.717) is 18.5 Å². The number of rotatable bonds is 6. The lowest BCUT2D eigenvalue weighted by atomic mass is 10.0. The van der Waals surface area contributed by atoms with E-state index < -0.39 is 5.92 Å². The molecule has 0 radical (unpaired) electrons. The Hall–Kier alpha value is -2.08. The van der Waals surface area contributed by atoms with Crippen molar-refractivity contribution in [2.75, 3.05) is 11.9 Å². The monoisotopic (exact) mass is 265 g/mol. The highest BCUT2D eigenvalue weighted by atomic mass is 16.4. The fraction of sp³-hybridized carbons (Fsp3) is 0.385. The summed E-state index contributed by atoms with van der Waals surface area (Å²) in [4.78, 5) is 11.9.